The molecule has 1 atom stereocenters. The quantitative estimate of drug-likeness (QED) is 0.588. The molecule has 0 saturated carbocycles. The summed E-state index contributed by atoms with van der Waals surface area (Å²) in [6.45, 7) is 14.9. The average Bonchev–Trinajstić information content (AvgIpc) is 2.76. The molecule has 1 aliphatic rings. The molecule has 176 valence electrons. The van der Waals surface area contributed by atoms with Crippen molar-refractivity contribution in [3.8, 4) is 0 Å². The Hall–Kier alpha value is -1.99. The van der Waals surface area contributed by atoms with E-state index in [2.05, 4.69) is 57.7 Å². The number of rotatable bonds is 8. The number of hydrogen-bond acceptors (Lipinski definition) is 5. The van der Waals surface area contributed by atoms with Crippen LogP contribution in [0.2, 0.25) is 0 Å². The van der Waals surface area contributed by atoms with E-state index in [0.717, 1.165) is 35.7 Å². The predicted octanol–water partition coefficient (Wildman–Crippen LogP) is 4.37. The molecule has 1 aliphatic heterocycles. The van der Waals surface area contributed by atoms with Crippen molar-refractivity contribution >= 4 is 15.8 Å². The molecule has 3 rings (SSSR count). The van der Waals surface area contributed by atoms with E-state index < -0.39 is 10.0 Å². The van der Waals surface area contributed by atoms with Crippen molar-refractivity contribution in [2.75, 3.05) is 36.8 Å². The Morgan fingerprint density at radius 1 is 1.03 bits per heavy atom. The first-order chi connectivity index (χ1) is 15.2. The maximum atomic E-state index is 12.5. The summed E-state index contributed by atoms with van der Waals surface area (Å²) in [6, 6.07) is 6.56. The number of hydrogen-bond donors (Lipinski definition) is 0. The Kier molecular flexibility index (Phi) is 7.93. The normalized spacial score (nSPS) is 16.4. The third-order valence-corrected chi connectivity index (χ3v) is 8.60. The van der Waals surface area contributed by atoms with Crippen LogP contribution in [0.3, 0.4) is 0 Å². The minimum Gasteiger partial charge on any atom is -0.354 e. The van der Waals surface area contributed by atoms with Gasteiger partial charge in [-0.1, -0.05) is 44.5 Å². The van der Waals surface area contributed by atoms with E-state index in [4.69, 9.17) is 9.97 Å². The van der Waals surface area contributed by atoms with Gasteiger partial charge in [0, 0.05) is 49.8 Å². The van der Waals surface area contributed by atoms with Gasteiger partial charge in [0.1, 0.15) is 11.6 Å². The van der Waals surface area contributed by atoms with Crippen molar-refractivity contribution in [3.05, 3.63) is 52.0 Å². The lowest BCUT2D eigenvalue weighted by molar-refractivity contribution is 0.383. The van der Waals surface area contributed by atoms with Gasteiger partial charge in [-0.2, -0.15) is 4.31 Å². The van der Waals surface area contributed by atoms with Crippen molar-refractivity contribution in [1.82, 2.24) is 14.3 Å². The maximum absolute atomic E-state index is 12.5. The van der Waals surface area contributed by atoms with Crippen LogP contribution in [0, 0.1) is 20.8 Å². The summed E-state index contributed by atoms with van der Waals surface area (Å²) in [4.78, 5) is 12.2. The molecule has 0 N–H and O–H groups in total. The van der Waals surface area contributed by atoms with Crippen molar-refractivity contribution in [1.29, 1.82) is 0 Å². The van der Waals surface area contributed by atoms with Crippen LogP contribution in [0.5, 0.6) is 0 Å². The largest absolute Gasteiger partial charge is 0.354 e. The summed E-state index contributed by atoms with van der Waals surface area (Å²) in [5.41, 5.74) is 5.97. The van der Waals surface area contributed by atoms with Crippen molar-refractivity contribution < 1.29 is 8.42 Å². The fourth-order valence-electron chi connectivity index (χ4n) is 4.22. The molecular formula is C25H38N4O2S. The number of piperazine rings is 1. The second-order valence-corrected chi connectivity index (χ2v) is 11.2. The molecule has 1 aromatic carbocycles. The Morgan fingerprint density at radius 3 is 2.34 bits per heavy atom. The highest BCUT2D eigenvalue weighted by Gasteiger charge is 2.29. The van der Waals surface area contributed by atoms with E-state index in [1.807, 2.05) is 6.92 Å². The Bertz CT molecular complexity index is 1040. The molecule has 7 heteroatoms. The summed E-state index contributed by atoms with van der Waals surface area (Å²) in [6.07, 6.45) is 2.41. The standard InChI is InChI=1S/C25H38N4O2S/c1-7-15-32(30,31)29-13-11-28(12-14-29)25-23(17-22-16-18(3)9-10-20(22)5)21(6)26-24(27-25)19(4)8-2/h9-10,16,19H,7-8,11-15,17H2,1-6H3/t19-/m1/s1. The van der Waals surface area contributed by atoms with E-state index in [1.54, 1.807) is 4.31 Å². The fraction of sp³-hybridized carbons (Fsp3) is 0.600. The molecule has 2 aromatic rings. The third-order valence-electron chi connectivity index (χ3n) is 6.53. The molecule has 0 bridgehead atoms. The van der Waals surface area contributed by atoms with Gasteiger partial charge in [0.25, 0.3) is 0 Å². The van der Waals surface area contributed by atoms with Crippen LogP contribution in [0.1, 0.15) is 73.3 Å². The molecule has 1 saturated heterocycles. The van der Waals surface area contributed by atoms with Crippen LogP contribution in [-0.4, -0.2) is 54.6 Å². The molecule has 0 amide bonds. The van der Waals surface area contributed by atoms with Gasteiger partial charge in [0.15, 0.2) is 0 Å². The molecule has 0 aliphatic carbocycles. The van der Waals surface area contributed by atoms with Crippen LogP contribution < -0.4 is 4.90 Å². The highest BCUT2D eigenvalue weighted by Crippen LogP contribution is 2.29. The van der Waals surface area contributed by atoms with Crippen LogP contribution in [0.25, 0.3) is 0 Å². The Balaban J connectivity index is 1.96. The number of aromatic nitrogens is 2. The minimum atomic E-state index is -3.17. The van der Waals surface area contributed by atoms with Crippen LogP contribution in [0.15, 0.2) is 18.2 Å². The van der Waals surface area contributed by atoms with Gasteiger partial charge < -0.3 is 4.90 Å². The molecule has 1 aromatic heterocycles. The van der Waals surface area contributed by atoms with Gasteiger partial charge in [-0.15, -0.1) is 0 Å². The summed E-state index contributed by atoms with van der Waals surface area (Å²) in [7, 11) is -3.17. The van der Waals surface area contributed by atoms with Gasteiger partial charge in [-0.05, 0) is 44.7 Å². The molecule has 0 unspecified atom stereocenters. The summed E-state index contributed by atoms with van der Waals surface area (Å²) in [5.74, 6) is 2.36. The third kappa shape index (κ3) is 5.49. The molecule has 2 heterocycles. The lowest BCUT2D eigenvalue weighted by Gasteiger charge is -2.36. The van der Waals surface area contributed by atoms with E-state index in [0.29, 0.717) is 32.6 Å². The fourth-order valence-corrected chi connectivity index (χ4v) is 5.71. The molecular weight excluding hydrogens is 420 g/mol. The topological polar surface area (TPSA) is 66.4 Å². The van der Waals surface area contributed by atoms with E-state index in [9.17, 15) is 8.42 Å². The minimum absolute atomic E-state index is 0.218. The van der Waals surface area contributed by atoms with Crippen molar-refractivity contribution in [2.24, 2.45) is 0 Å². The number of sulfonamides is 1. The molecule has 0 spiro atoms. The highest BCUT2D eigenvalue weighted by atomic mass is 32.2. The summed E-state index contributed by atoms with van der Waals surface area (Å²) < 4.78 is 26.7. The molecule has 32 heavy (non-hydrogen) atoms. The first-order valence-corrected chi connectivity index (χ1v) is 13.4. The molecule has 6 nitrogen and oxygen atoms in total. The predicted molar refractivity (Wildman–Crippen MR) is 132 cm³/mol. The Labute approximate surface area is 194 Å². The monoisotopic (exact) mass is 458 g/mol. The SMILES string of the molecule is CCCS(=O)(=O)N1CCN(c2nc([C@H](C)CC)nc(C)c2Cc2cc(C)ccc2C)CC1. The van der Waals surface area contributed by atoms with Crippen LogP contribution in [-0.2, 0) is 16.4 Å². The van der Waals surface area contributed by atoms with Crippen molar-refractivity contribution in [3.63, 3.8) is 0 Å². The maximum Gasteiger partial charge on any atom is 0.214 e. The second kappa shape index (κ2) is 10.3. The number of benzene rings is 1. The van der Waals surface area contributed by atoms with Crippen molar-refractivity contribution in [2.45, 2.75) is 66.7 Å². The lowest BCUT2D eigenvalue weighted by atomic mass is 9.97. The average molecular weight is 459 g/mol. The summed E-state index contributed by atoms with van der Waals surface area (Å²) >= 11 is 0. The second-order valence-electron chi connectivity index (χ2n) is 9.09. The van der Waals surface area contributed by atoms with Gasteiger partial charge in [-0.25, -0.2) is 18.4 Å². The van der Waals surface area contributed by atoms with Gasteiger partial charge in [0.05, 0.1) is 5.75 Å². The lowest BCUT2D eigenvalue weighted by Crippen LogP contribution is -2.49. The van der Waals surface area contributed by atoms with E-state index >= 15 is 0 Å². The zero-order valence-corrected chi connectivity index (χ0v) is 21.3. The summed E-state index contributed by atoms with van der Waals surface area (Å²) in [5, 5.41) is 0. The number of aryl methyl sites for hydroxylation is 3. The number of anilines is 1. The van der Waals surface area contributed by atoms with Gasteiger partial charge >= 0.3 is 0 Å². The molecule has 1 fully saturated rings. The van der Waals surface area contributed by atoms with Gasteiger partial charge in [-0.3, -0.25) is 0 Å². The zero-order chi connectivity index (χ0) is 23.5. The van der Waals surface area contributed by atoms with Gasteiger partial charge in [0.2, 0.25) is 10.0 Å². The zero-order valence-electron chi connectivity index (χ0n) is 20.5. The first kappa shape index (κ1) is 24.6. The van der Waals surface area contributed by atoms with E-state index in [1.165, 1.54) is 16.7 Å². The van der Waals surface area contributed by atoms with Crippen LogP contribution in [0.4, 0.5) is 5.82 Å². The number of nitrogens with zero attached hydrogens (tertiary/aromatic N) is 4. The van der Waals surface area contributed by atoms with E-state index in [-0.39, 0.29) is 11.7 Å². The highest BCUT2D eigenvalue weighted by molar-refractivity contribution is 7.89. The molecule has 0 radical (unpaired) electrons. The smallest absolute Gasteiger partial charge is 0.214 e. The first-order valence-electron chi connectivity index (χ1n) is 11.8. The van der Waals surface area contributed by atoms with Crippen LogP contribution >= 0.6 is 0 Å². The Morgan fingerprint density at radius 2 is 1.72 bits per heavy atom.